The molecule has 4 heteroatoms. The summed E-state index contributed by atoms with van der Waals surface area (Å²) in [6.07, 6.45) is 5.59. The second kappa shape index (κ2) is 5.23. The van der Waals surface area contributed by atoms with Crippen molar-refractivity contribution in [1.29, 1.82) is 0 Å². The van der Waals surface area contributed by atoms with Crippen LogP contribution in [-0.4, -0.2) is 18.1 Å². The number of methoxy groups -OCH3 is 1. The van der Waals surface area contributed by atoms with Gasteiger partial charge in [0.05, 0.1) is 12.8 Å². The SMILES string of the molecule is CCC1(c2nc(C(C)(C)C)c(C(=O)OC)o2)CCCC1. The summed E-state index contributed by atoms with van der Waals surface area (Å²) in [6.45, 7) is 8.28. The van der Waals surface area contributed by atoms with E-state index in [0.29, 0.717) is 5.69 Å². The largest absolute Gasteiger partial charge is 0.463 e. The van der Waals surface area contributed by atoms with E-state index in [4.69, 9.17) is 14.1 Å². The van der Waals surface area contributed by atoms with Gasteiger partial charge in [-0.15, -0.1) is 0 Å². The van der Waals surface area contributed by atoms with Gasteiger partial charge in [-0.25, -0.2) is 9.78 Å². The minimum absolute atomic E-state index is 0.00622. The van der Waals surface area contributed by atoms with Gasteiger partial charge < -0.3 is 9.15 Å². The average molecular weight is 279 g/mol. The highest BCUT2D eigenvalue weighted by Gasteiger charge is 2.41. The van der Waals surface area contributed by atoms with E-state index in [0.717, 1.165) is 25.2 Å². The summed E-state index contributed by atoms with van der Waals surface area (Å²) >= 11 is 0. The number of aromatic nitrogens is 1. The van der Waals surface area contributed by atoms with Gasteiger partial charge >= 0.3 is 5.97 Å². The Hall–Kier alpha value is -1.32. The zero-order chi connectivity index (χ0) is 15.0. The fraction of sp³-hybridized carbons (Fsp3) is 0.750. The van der Waals surface area contributed by atoms with Crippen LogP contribution in [0.15, 0.2) is 4.42 Å². The molecule has 20 heavy (non-hydrogen) atoms. The highest BCUT2D eigenvalue weighted by molar-refractivity contribution is 5.87. The summed E-state index contributed by atoms with van der Waals surface area (Å²) in [4.78, 5) is 16.7. The number of carbonyl (C=O) groups is 1. The van der Waals surface area contributed by atoms with Gasteiger partial charge in [0.2, 0.25) is 11.7 Å². The maximum Gasteiger partial charge on any atom is 0.376 e. The average Bonchev–Trinajstić information content (AvgIpc) is 3.04. The fourth-order valence-corrected chi connectivity index (χ4v) is 3.06. The maximum absolute atomic E-state index is 11.9. The second-order valence-electron chi connectivity index (χ2n) is 6.78. The predicted octanol–water partition coefficient (Wildman–Crippen LogP) is 3.98. The van der Waals surface area contributed by atoms with E-state index in [1.807, 2.05) is 20.8 Å². The minimum atomic E-state index is -0.432. The van der Waals surface area contributed by atoms with Crippen molar-refractivity contribution in [3.05, 3.63) is 17.3 Å². The molecule has 0 amide bonds. The third-order valence-electron chi connectivity index (χ3n) is 4.40. The van der Waals surface area contributed by atoms with Gasteiger partial charge in [-0.05, 0) is 19.3 Å². The van der Waals surface area contributed by atoms with Crippen molar-refractivity contribution in [1.82, 2.24) is 4.98 Å². The van der Waals surface area contributed by atoms with E-state index in [1.165, 1.54) is 20.0 Å². The van der Waals surface area contributed by atoms with Gasteiger partial charge in [0.15, 0.2) is 0 Å². The third kappa shape index (κ3) is 2.48. The zero-order valence-electron chi connectivity index (χ0n) is 13.2. The van der Waals surface area contributed by atoms with E-state index in [9.17, 15) is 4.79 Å². The number of hydrogen-bond acceptors (Lipinski definition) is 4. The lowest BCUT2D eigenvalue weighted by molar-refractivity contribution is 0.0556. The highest BCUT2D eigenvalue weighted by Crippen LogP contribution is 2.44. The van der Waals surface area contributed by atoms with Crippen LogP contribution in [-0.2, 0) is 15.6 Å². The molecule has 0 aliphatic heterocycles. The fourth-order valence-electron chi connectivity index (χ4n) is 3.06. The molecule has 1 saturated carbocycles. The highest BCUT2D eigenvalue weighted by atomic mass is 16.5. The van der Waals surface area contributed by atoms with Crippen LogP contribution in [0.25, 0.3) is 0 Å². The molecule has 1 heterocycles. The van der Waals surface area contributed by atoms with Crippen LogP contribution >= 0.6 is 0 Å². The molecule has 4 nitrogen and oxygen atoms in total. The van der Waals surface area contributed by atoms with Crippen molar-refractivity contribution in [3.63, 3.8) is 0 Å². The van der Waals surface area contributed by atoms with Gasteiger partial charge in [-0.2, -0.15) is 0 Å². The van der Waals surface area contributed by atoms with E-state index in [2.05, 4.69) is 6.92 Å². The molecule has 0 spiro atoms. The van der Waals surface area contributed by atoms with Gasteiger partial charge in [-0.3, -0.25) is 0 Å². The van der Waals surface area contributed by atoms with E-state index in [-0.39, 0.29) is 16.6 Å². The van der Waals surface area contributed by atoms with Crippen LogP contribution in [0.2, 0.25) is 0 Å². The first-order valence-corrected chi connectivity index (χ1v) is 7.44. The Morgan fingerprint density at radius 2 is 1.95 bits per heavy atom. The monoisotopic (exact) mass is 279 g/mol. The molecular weight excluding hydrogens is 254 g/mol. The molecule has 112 valence electrons. The summed E-state index contributed by atoms with van der Waals surface area (Å²) in [5.41, 5.74) is 0.476. The van der Waals surface area contributed by atoms with E-state index >= 15 is 0 Å². The Balaban J connectivity index is 2.51. The minimum Gasteiger partial charge on any atom is -0.463 e. The summed E-state index contributed by atoms with van der Waals surface area (Å²) in [5.74, 6) is 0.565. The molecule has 2 rings (SSSR count). The molecule has 0 saturated heterocycles. The first kappa shape index (κ1) is 15.1. The van der Waals surface area contributed by atoms with Crippen LogP contribution < -0.4 is 0 Å². The lowest BCUT2D eigenvalue weighted by atomic mass is 9.83. The van der Waals surface area contributed by atoms with Gasteiger partial charge in [0, 0.05) is 10.8 Å². The quantitative estimate of drug-likeness (QED) is 0.785. The number of rotatable bonds is 3. The molecule has 0 unspecified atom stereocenters. The molecule has 1 aliphatic carbocycles. The first-order chi connectivity index (χ1) is 9.34. The standard InChI is InChI=1S/C16H25NO3/c1-6-16(9-7-8-10-16)14-17-12(15(2,3)4)11(20-14)13(18)19-5/h6-10H2,1-5H3. The molecular formula is C16H25NO3. The number of nitrogens with zero attached hydrogens (tertiary/aromatic N) is 1. The summed E-state index contributed by atoms with van der Waals surface area (Å²) in [7, 11) is 1.38. The first-order valence-electron chi connectivity index (χ1n) is 7.44. The lowest BCUT2D eigenvalue weighted by Crippen LogP contribution is -2.22. The van der Waals surface area contributed by atoms with Crippen molar-refractivity contribution in [2.45, 2.75) is 70.6 Å². The Morgan fingerprint density at radius 3 is 2.40 bits per heavy atom. The number of esters is 1. The van der Waals surface area contributed by atoms with Crippen molar-refractivity contribution < 1.29 is 13.9 Å². The maximum atomic E-state index is 11.9. The number of carbonyl (C=O) groups excluding carboxylic acids is 1. The van der Waals surface area contributed by atoms with Crippen LogP contribution in [0.3, 0.4) is 0 Å². The van der Waals surface area contributed by atoms with Crippen LogP contribution in [0.1, 0.15) is 81.9 Å². The van der Waals surface area contributed by atoms with Crippen molar-refractivity contribution in [3.8, 4) is 0 Å². The predicted molar refractivity (Wildman–Crippen MR) is 77.0 cm³/mol. The van der Waals surface area contributed by atoms with Crippen LogP contribution in [0.5, 0.6) is 0 Å². The van der Waals surface area contributed by atoms with Crippen LogP contribution in [0, 0.1) is 0 Å². The topological polar surface area (TPSA) is 52.3 Å². The Labute approximate surface area is 120 Å². The number of ether oxygens (including phenoxy) is 1. The van der Waals surface area contributed by atoms with E-state index < -0.39 is 5.97 Å². The van der Waals surface area contributed by atoms with Crippen LogP contribution in [0.4, 0.5) is 0 Å². The second-order valence-corrected chi connectivity index (χ2v) is 6.78. The Bertz CT molecular complexity index is 490. The normalized spacial score (nSPS) is 18.2. The smallest absolute Gasteiger partial charge is 0.376 e. The van der Waals surface area contributed by atoms with Gasteiger partial charge in [-0.1, -0.05) is 40.5 Å². The number of oxazole rings is 1. The number of hydrogen-bond donors (Lipinski definition) is 0. The third-order valence-corrected chi connectivity index (χ3v) is 4.40. The Morgan fingerprint density at radius 1 is 1.35 bits per heavy atom. The molecule has 1 aromatic heterocycles. The Kier molecular flexibility index (Phi) is 3.94. The molecule has 1 aliphatic rings. The molecule has 1 fully saturated rings. The summed E-state index contributed by atoms with van der Waals surface area (Å²) in [5, 5.41) is 0. The van der Waals surface area contributed by atoms with Gasteiger partial charge in [0.25, 0.3) is 0 Å². The molecule has 1 aromatic rings. The molecule has 0 bridgehead atoms. The van der Waals surface area contributed by atoms with Crippen molar-refractivity contribution >= 4 is 5.97 Å². The van der Waals surface area contributed by atoms with Gasteiger partial charge in [0.1, 0.15) is 0 Å². The molecule has 0 radical (unpaired) electrons. The van der Waals surface area contributed by atoms with E-state index in [1.54, 1.807) is 0 Å². The molecule has 0 N–H and O–H groups in total. The zero-order valence-corrected chi connectivity index (χ0v) is 13.2. The van der Waals surface area contributed by atoms with Crippen molar-refractivity contribution in [2.24, 2.45) is 0 Å². The lowest BCUT2D eigenvalue weighted by Gasteiger charge is -2.23. The molecule has 0 aromatic carbocycles. The summed E-state index contributed by atoms with van der Waals surface area (Å²) in [6, 6.07) is 0. The van der Waals surface area contributed by atoms with Crippen molar-refractivity contribution in [2.75, 3.05) is 7.11 Å². The molecule has 0 atom stereocenters. The summed E-state index contributed by atoms with van der Waals surface area (Å²) < 4.78 is 10.7.